The van der Waals surface area contributed by atoms with Crippen molar-refractivity contribution in [2.24, 2.45) is 0 Å². The third-order valence-electron chi connectivity index (χ3n) is 2.20. The van der Waals surface area contributed by atoms with Crippen LogP contribution in [-0.2, 0) is 0 Å². The van der Waals surface area contributed by atoms with Crippen molar-refractivity contribution in [2.45, 2.75) is 13.8 Å². The molecule has 14 heavy (non-hydrogen) atoms. The van der Waals surface area contributed by atoms with Crippen molar-refractivity contribution >= 4 is 16.8 Å². The van der Waals surface area contributed by atoms with Crippen molar-refractivity contribution < 1.29 is 14.3 Å². The molecule has 0 aliphatic carbocycles. The highest BCUT2D eigenvalue weighted by Crippen LogP contribution is 2.28. The fourth-order valence-corrected chi connectivity index (χ4v) is 1.65. The van der Waals surface area contributed by atoms with E-state index in [2.05, 4.69) is 0 Å². The fourth-order valence-electron chi connectivity index (χ4n) is 1.65. The van der Waals surface area contributed by atoms with Gasteiger partial charge in [0.1, 0.15) is 17.1 Å². The Hall–Kier alpha value is -1.77. The number of hydrogen-bond donors (Lipinski definition) is 1. The Kier molecular flexibility index (Phi) is 1.81. The molecule has 0 fully saturated rings. The number of furan rings is 1. The minimum atomic E-state index is -0.0492. The van der Waals surface area contributed by atoms with Gasteiger partial charge in [-0.05, 0) is 32.0 Å². The second kappa shape index (κ2) is 2.87. The number of benzene rings is 1. The van der Waals surface area contributed by atoms with Crippen LogP contribution in [0.4, 0.5) is 0 Å². The van der Waals surface area contributed by atoms with Crippen LogP contribution in [0.5, 0.6) is 5.75 Å². The monoisotopic (exact) mass is 190 g/mol. The number of carbonyl (C=O) groups excluding carboxylic acids is 1. The summed E-state index contributed by atoms with van der Waals surface area (Å²) in [7, 11) is 0. The van der Waals surface area contributed by atoms with Crippen LogP contribution in [-0.4, -0.2) is 10.9 Å². The minimum Gasteiger partial charge on any atom is -0.508 e. The highest BCUT2D eigenvalue weighted by molar-refractivity contribution is 6.07. The molecule has 0 bridgehead atoms. The Morgan fingerprint density at radius 1 is 1.43 bits per heavy atom. The first-order valence-corrected chi connectivity index (χ1v) is 4.32. The van der Waals surface area contributed by atoms with E-state index in [1.807, 2.05) is 0 Å². The molecule has 0 aliphatic rings. The number of Topliss-reactive ketones (excluding diaryl/α,β-unsaturated/α-hetero) is 1. The summed E-state index contributed by atoms with van der Waals surface area (Å²) in [6.45, 7) is 3.23. The highest BCUT2D eigenvalue weighted by Gasteiger charge is 2.14. The summed E-state index contributed by atoms with van der Waals surface area (Å²) >= 11 is 0. The lowest BCUT2D eigenvalue weighted by molar-refractivity contribution is 0.101. The second-order valence-electron chi connectivity index (χ2n) is 3.27. The Labute approximate surface area is 81.0 Å². The molecule has 0 spiro atoms. The molecule has 1 aromatic heterocycles. The maximum Gasteiger partial charge on any atom is 0.163 e. The molecule has 0 saturated heterocycles. The Morgan fingerprint density at radius 2 is 2.14 bits per heavy atom. The lowest BCUT2D eigenvalue weighted by Gasteiger charge is -1.93. The van der Waals surface area contributed by atoms with Crippen LogP contribution in [0.15, 0.2) is 22.6 Å². The van der Waals surface area contributed by atoms with Crippen LogP contribution in [0, 0.1) is 6.92 Å². The summed E-state index contributed by atoms with van der Waals surface area (Å²) in [4.78, 5) is 11.3. The Bertz CT molecular complexity index is 508. The fraction of sp³-hybridized carbons (Fsp3) is 0.182. The normalized spacial score (nSPS) is 10.7. The number of fused-ring (bicyclic) bond motifs is 1. The van der Waals surface area contributed by atoms with E-state index in [-0.39, 0.29) is 11.5 Å². The molecule has 3 nitrogen and oxygen atoms in total. The molecule has 1 heterocycles. The van der Waals surface area contributed by atoms with Gasteiger partial charge in [0.15, 0.2) is 5.78 Å². The molecule has 2 rings (SSSR count). The maximum atomic E-state index is 11.3. The smallest absolute Gasteiger partial charge is 0.163 e. The number of carbonyl (C=O) groups is 1. The predicted molar refractivity (Wildman–Crippen MR) is 52.6 cm³/mol. The molecule has 2 aromatic rings. The maximum absolute atomic E-state index is 11.3. The lowest BCUT2D eigenvalue weighted by Crippen LogP contribution is -1.91. The molecule has 0 saturated carbocycles. The number of aryl methyl sites for hydroxylation is 1. The topological polar surface area (TPSA) is 50.4 Å². The van der Waals surface area contributed by atoms with Gasteiger partial charge in [-0.15, -0.1) is 0 Å². The van der Waals surface area contributed by atoms with E-state index in [1.165, 1.54) is 13.0 Å². The van der Waals surface area contributed by atoms with Crippen molar-refractivity contribution in [3.8, 4) is 5.75 Å². The van der Waals surface area contributed by atoms with Crippen LogP contribution >= 0.6 is 0 Å². The zero-order valence-electron chi connectivity index (χ0n) is 8.00. The number of aromatic hydroxyl groups is 1. The molecule has 1 N–H and O–H groups in total. The summed E-state index contributed by atoms with van der Waals surface area (Å²) in [5.41, 5.74) is 1.18. The van der Waals surface area contributed by atoms with Crippen molar-refractivity contribution in [3.63, 3.8) is 0 Å². The van der Waals surface area contributed by atoms with Crippen molar-refractivity contribution in [1.29, 1.82) is 0 Å². The third-order valence-corrected chi connectivity index (χ3v) is 2.20. The van der Waals surface area contributed by atoms with Crippen LogP contribution in [0.3, 0.4) is 0 Å². The summed E-state index contributed by atoms with van der Waals surface area (Å²) in [6, 6.07) is 4.74. The van der Waals surface area contributed by atoms with Gasteiger partial charge in [-0.25, -0.2) is 0 Å². The van der Waals surface area contributed by atoms with Gasteiger partial charge in [-0.1, -0.05) is 0 Å². The summed E-state index contributed by atoms with van der Waals surface area (Å²) < 4.78 is 5.38. The lowest BCUT2D eigenvalue weighted by atomic mass is 10.1. The average molecular weight is 190 g/mol. The predicted octanol–water partition coefficient (Wildman–Crippen LogP) is 2.65. The van der Waals surface area contributed by atoms with E-state index in [9.17, 15) is 9.90 Å². The molecular formula is C11H10O3. The quantitative estimate of drug-likeness (QED) is 0.703. The van der Waals surface area contributed by atoms with Gasteiger partial charge >= 0.3 is 0 Å². The first kappa shape index (κ1) is 8.81. The third kappa shape index (κ3) is 1.18. The van der Waals surface area contributed by atoms with E-state index < -0.39 is 0 Å². The first-order chi connectivity index (χ1) is 6.59. The number of hydrogen-bond acceptors (Lipinski definition) is 3. The van der Waals surface area contributed by atoms with Crippen molar-refractivity contribution in [3.05, 3.63) is 29.5 Å². The Balaban J connectivity index is 2.86. The number of ketones is 1. The first-order valence-electron chi connectivity index (χ1n) is 4.32. The molecule has 0 atom stereocenters. The highest BCUT2D eigenvalue weighted by atomic mass is 16.3. The second-order valence-corrected chi connectivity index (χ2v) is 3.27. The van der Waals surface area contributed by atoms with Crippen LogP contribution in [0.2, 0.25) is 0 Å². The van der Waals surface area contributed by atoms with Gasteiger partial charge in [0, 0.05) is 5.39 Å². The standard InChI is InChI=1S/C11H10O3/c1-6(12)11-7(2)14-10-4-3-8(13)5-9(10)11/h3-5,13H,1-2H3. The SMILES string of the molecule is CC(=O)c1c(C)oc2ccc(O)cc12. The van der Waals surface area contributed by atoms with Gasteiger partial charge in [0.2, 0.25) is 0 Å². The minimum absolute atomic E-state index is 0.0492. The molecule has 0 radical (unpaired) electrons. The summed E-state index contributed by atoms with van der Waals surface area (Å²) in [5.74, 6) is 0.686. The van der Waals surface area contributed by atoms with Gasteiger partial charge in [-0.2, -0.15) is 0 Å². The molecule has 0 unspecified atom stereocenters. The van der Waals surface area contributed by atoms with Crippen LogP contribution in [0.1, 0.15) is 23.0 Å². The van der Waals surface area contributed by atoms with Crippen molar-refractivity contribution in [2.75, 3.05) is 0 Å². The largest absolute Gasteiger partial charge is 0.508 e. The van der Waals surface area contributed by atoms with E-state index >= 15 is 0 Å². The number of rotatable bonds is 1. The zero-order valence-corrected chi connectivity index (χ0v) is 8.00. The van der Waals surface area contributed by atoms with Gasteiger partial charge in [-0.3, -0.25) is 4.79 Å². The molecule has 0 amide bonds. The van der Waals surface area contributed by atoms with Crippen molar-refractivity contribution in [1.82, 2.24) is 0 Å². The van der Waals surface area contributed by atoms with Crippen LogP contribution < -0.4 is 0 Å². The zero-order chi connectivity index (χ0) is 10.3. The van der Waals surface area contributed by atoms with E-state index in [1.54, 1.807) is 19.1 Å². The molecular weight excluding hydrogens is 180 g/mol. The van der Waals surface area contributed by atoms with E-state index in [4.69, 9.17) is 4.42 Å². The van der Waals surface area contributed by atoms with Gasteiger partial charge in [0.05, 0.1) is 5.56 Å². The van der Waals surface area contributed by atoms with E-state index in [0.717, 1.165) is 0 Å². The molecule has 3 heteroatoms. The summed E-state index contributed by atoms with van der Waals surface area (Å²) in [5, 5.41) is 9.97. The Morgan fingerprint density at radius 3 is 2.79 bits per heavy atom. The molecule has 1 aromatic carbocycles. The number of phenols is 1. The number of phenolic OH excluding ortho intramolecular Hbond substituents is 1. The summed E-state index contributed by atoms with van der Waals surface area (Å²) in [6.07, 6.45) is 0. The molecule has 72 valence electrons. The van der Waals surface area contributed by atoms with Crippen LogP contribution in [0.25, 0.3) is 11.0 Å². The molecule has 0 aliphatic heterocycles. The average Bonchev–Trinajstić information content (AvgIpc) is 2.40. The van der Waals surface area contributed by atoms with E-state index in [0.29, 0.717) is 22.3 Å². The van der Waals surface area contributed by atoms with Gasteiger partial charge < -0.3 is 9.52 Å². The van der Waals surface area contributed by atoms with Gasteiger partial charge in [0.25, 0.3) is 0 Å².